The van der Waals surface area contributed by atoms with Gasteiger partial charge in [0.05, 0.1) is 29.1 Å². The Morgan fingerprint density at radius 3 is 2.24 bits per heavy atom. The predicted octanol–water partition coefficient (Wildman–Crippen LogP) is 4.04. The molecule has 0 aliphatic carbocycles. The van der Waals surface area contributed by atoms with Crippen molar-refractivity contribution < 1.29 is 19.2 Å². The van der Waals surface area contributed by atoms with Gasteiger partial charge in [-0.05, 0) is 35.9 Å². The standard InChI is InChI=1S/C25H19Cl2N3O4/c26-17-11-12-19(20(27)14-17)24(33)28-30(23(32)13-16-7-3-1-4-8-16)21-15-22(31)29(25(21)34)18-9-5-2-6-10-18/h1-12,14,21H,13,15H2,(H,28,33)/t21-/m0/s1. The first-order valence-corrected chi connectivity index (χ1v) is 11.1. The average molecular weight is 496 g/mol. The highest BCUT2D eigenvalue weighted by molar-refractivity contribution is 6.36. The second-order valence-corrected chi connectivity index (χ2v) is 8.46. The quantitative estimate of drug-likeness (QED) is 0.427. The molecule has 3 aromatic rings. The van der Waals surface area contributed by atoms with Gasteiger partial charge in [-0.15, -0.1) is 0 Å². The molecule has 0 radical (unpaired) electrons. The van der Waals surface area contributed by atoms with E-state index in [0.717, 1.165) is 9.91 Å². The van der Waals surface area contributed by atoms with Crippen LogP contribution in [-0.2, 0) is 20.8 Å². The van der Waals surface area contributed by atoms with Crippen LogP contribution in [0.1, 0.15) is 22.3 Å². The molecule has 0 saturated carbocycles. The third kappa shape index (κ3) is 4.95. The fourth-order valence-electron chi connectivity index (χ4n) is 3.68. The van der Waals surface area contributed by atoms with Crippen molar-refractivity contribution in [2.45, 2.75) is 18.9 Å². The predicted molar refractivity (Wildman–Crippen MR) is 128 cm³/mol. The fraction of sp³-hybridized carbons (Fsp3) is 0.120. The summed E-state index contributed by atoms with van der Waals surface area (Å²) in [6, 6.07) is 20.4. The normalized spacial score (nSPS) is 15.4. The summed E-state index contributed by atoms with van der Waals surface area (Å²) in [5.74, 6) is -2.34. The van der Waals surface area contributed by atoms with Crippen LogP contribution in [0.15, 0.2) is 78.9 Å². The van der Waals surface area contributed by atoms with E-state index in [-0.39, 0.29) is 23.4 Å². The summed E-state index contributed by atoms with van der Waals surface area (Å²) >= 11 is 12.1. The van der Waals surface area contributed by atoms with Crippen molar-refractivity contribution in [3.63, 3.8) is 0 Å². The van der Waals surface area contributed by atoms with E-state index in [2.05, 4.69) is 5.43 Å². The van der Waals surface area contributed by atoms with Crippen LogP contribution in [0.25, 0.3) is 0 Å². The Labute approximate surface area is 205 Å². The number of para-hydroxylation sites is 1. The Morgan fingerprint density at radius 1 is 0.941 bits per heavy atom. The number of anilines is 1. The van der Waals surface area contributed by atoms with Crippen LogP contribution in [0.5, 0.6) is 0 Å². The summed E-state index contributed by atoms with van der Waals surface area (Å²) in [6.07, 6.45) is -0.359. The minimum Gasteiger partial charge on any atom is -0.274 e. The van der Waals surface area contributed by atoms with E-state index in [4.69, 9.17) is 23.2 Å². The number of hydrogen-bond donors (Lipinski definition) is 1. The molecule has 3 aromatic carbocycles. The van der Waals surface area contributed by atoms with Crippen molar-refractivity contribution in [2.24, 2.45) is 0 Å². The van der Waals surface area contributed by atoms with Crippen LogP contribution in [-0.4, -0.2) is 34.7 Å². The molecular weight excluding hydrogens is 477 g/mol. The average Bonchev–Trinajstić information content (AvgIpc) is 3.11. The van der Waals surface area contributed by atoms with Gasteiger partial charge in [0.15, 0.2) is 0 Å². The highest BCUT2D eigenvalue weighted by atomic mass is 35.5. The van der Waals surface area contributed by atoms with E-state index in [1.54, 1.807) is 54.6 Å². The van der Waals surface area contributed by atoms with Crippen LogP contribution >= 0.6 is 23.2 Å². The van der Waals surface area contributed by atoms with Crippen LogP contribution in [0.2, 0.25) is 10.0 Å². The summed E-state index contributed by atoms with van der Waals surface area (Å²) < 4.78 is 0. The smallest absolute Gasteiger partial charge is 0.271 e. The molecule has 1 fully saturated rings. The first kappa shape index (κ1) is 23.5. The zero-order valence-corrected chi connectivity index (χ0v) is 19.3. The van der Waals surface area contributed by atoms with E-state index < -0.39 is 29.7 Å². The number of halogens is 2. The lowest BCUT2D eigenvalue weighted by Crippen LogP contribution is -2.55. The number of imide groups is 1. The van der Waals surface area contributed by atoms with Gasteiger partial charge in [0.1, 0.15) is 6.04 Å². The maximum Gasteiger partial charge on any atom is 0.271 e. The van der Waals surface area contributed by atoms with Gasteiger partial charge in [0.2, 0.25) is 11.8 Å². The van der Waals surface area contributed by atoms with E-state index in [0.29, 0.717) is 16.3 Å². The van der Waals surface area contributed by atoms with Gasteiger partial charge >= 0.3 is 0 Å². The Hall–Kier alpha value is -3.68. The number of benzene rings is 3. The summed E-state index contributed by atoms with van der Waals surface area (Å²) in [4.78, 5) is 53.3. The van der Waals surface area contributed by atoms with Crippen molar-refractivity contribution in [3.05, 3.63) is 100 Å². The number of carbonyl (C=O) groups is 4. The molecule has 34 heavy (non-hydrogen) atoms. The summed E-state index contributed by atoms with van der Waals surface area (Å²) in [6.45, 7) is 0. The maximum absolute atomic E-state index is 13.3. The molecule has 7 nitrogen and oxygen atoms in total. The van der Waals surface area contributed by atoms with Crippen molar-refractivity contribution in [1.29, 1.82) is 0 Å². The lowest BCUT2D eigenvalue weighted by molar-refractivity contribution is -0.140. The van der Waals surface area contributed by atoms with Gasteiger partial charge in [0.25, 0.3) is 11.8 Å². The number of amides is 4. The molecule has 1 atom stereocenters. The topological polar surface area (TPSA) is 86.8 Å². The van der Waals surface area contributed by atoms with Gasteiger partial charge < -0.3 is 0 Å². The van der Waals surface area contributed by atoms with Crippen molar-refractivity contribution in [2.75, 3.05) is 4.90 Å². The molecule has 4 amide bonds. The Balaban J connectivity index is 1.64. The largest absolute Gasteiger partial charge is 0.274 e. The Morgan fingerprint density at radius 2 is 1.59 bits per heavy atom. The lowest BCUT2D eigenvalue weighted by Gasteiger charge is -2.28. The number of nitrogens with zero attached hydrogens (tertiary/aromatic N) is 2. The van der Waals surface area contributed by atoms with Crippen molar-refractivity contribution >= 4 is 52.5 Å². The number of hydrazine groups is 1. The van der Waals surface area contributed by atoms with Gasteiger partial charge in [0, 0.05) is 5.02 Å². The number of carbonyl (C=O) groups excluding carboxylic acids is 4. The maximum atomic E-state index is 13.3. The molecule has 9 heteroatoms. The molecule has 4 rings (SSSR count). The third-order valence-electron chi connectivity index (χ3n) is 5.31. The lowest BCUT2D eigenvalue weighted by atomic mass is 10.1. The molecule has 0 bridgehead atoms. The van der Waals surface area contributed by atoms with Crippen LogP contribution in [0.4, 0.5) is 5.69 Å². The second kappa shape index (κ2) is 10.1. The first-order chi connectivity index (χ1) is 16.3. The van der Waals surface area contributed by atoms with E-state index in [1.165, 1.54) is 18.2 Å². The summed E-state index contributed by atoms with van der Waals surface area (Å²) in [5, 5.41) is 1.36. The number of hydrogen-bond acceptors (Lipinski definition) is 4. The second-order valence-electron chi connectivity index (χ2n) is 7.61. The molecule has 1 saturated heterocycles. The molecule has 1 heterocycles. The van der Waals surface area contributed by atoms with E-state index in [9.17, 15) is 19.2 Å². The van der Waals surface area contributed by atoms with Gasteiger partial charge in [-0.25, -0.2) is 9.91 Å². The molecule has 1 aliphatic heterocycles. The molecule has 1 aliphatic rings. The molecule has 0 spiro atoms. The molecule has 0 aromatic heterocycles. The minimum absolute atomic E-state index is 0.0697. The van der Waals surface area contributed by atoms with Crippen LogP contribution in [0.3, 0.4) is 0 Å². The summed E-state index contributed by atoms with van der Waals surface area (Å²) in [5.41, 5.74) is 3.65. The molecular formula is C25H19Cl2N3O4. The monoisotopic (exact) mass is 495 g/mol. The van der Waals surface area contributed by atoms with E-state index in [1.807, 2.05) is 6.07 Å². The highest BCUT2D eigenvalue weighted by Gasteiger charge is 2.45. The minimum atomic E-state index is -1.21. The molecule has 172 valence electrons. The van der Waals surface area contributed by atoms with Crippen molar-refractivity contribution in [1.82, 2.24) is 10.4 Å². The SMILES string of the molecule is O=C(NN(C(=O)Cc1ccccc1)[C@H]1CC(=O)N(c2ccccc2)C1=O)c1ccc(Cl)cc1Cl. The number of rotatable bonds is 5. The molecule has 0 unspecified atom stereocenters. The highest BCUT2D eigenvalue weighted by Crippen LogP contribution is 2.26. The Kier molecular flexibility index (Phi) is 6.95. The first-order valence-electron chi connectivity index (χ1n) is 10.4. The third-order valence-corrected chi connectivity index (χ3v) is 5.86. The van der Waals surface area contributed by atoms with Crippen molar-refractivity contribution in [3.8, 4) is 0 Å². The zero-order valence-electron chi connectivity index (χ0n) is 17.8. The number of nitrogens with one attached hydrogen (secondary N) is 1. The molecule has 1 N–H and O–H groups in total. The van der Waals surface area contributed by atoms with Gasteiger partial charge in [-0.1, -0.05) is 71.7 Å². The van der Waals surface area contributed by atoms with Crippen LogP contribution < -0.4 is 10.3 Å². The Bertz CT molecular complexity index is 1250. The van der Waals surface area contributed by atoms with Crippen LogP contribution in [0, 0.1) is 0 Å². The van der Waals surface area contributed by atoms with Gasteiger partial charge in [-0.2, -0.15) is 0 Å². The fourth-order valence-corrected chi connectivity index (χ4v) is 4.17. The van der Waals surface area contributed by atoms with E-state index >= 15 is 0 Å². The summed E-state index contributed by atoms with van der Waals surface area (Å²) in [7, 11) is 0. The zero-order chi connectivity index (χ0) is 24.2. The van der Waals surface area contributed by atoms with Gasteiger partial charge in [-0.3, -0.25) is 24.6 Å².